The van der Waals surface area contributed by atoms with Crippen LogP contribution in [-0.2, 0) is 4.79 Å². The molecule has 1 N–H and O–H groups in total. The fourth-order valence-corrected chi connectivity index (χ4v) is 6.82. The van der Waals surface area contributed by atoms with Crippen molar-refractivity contribution in [1.29, 1.82) is 0 Å². The first-order valence-electron chi connectivity index (χ1n) is 11.5. The van der Waals surface area contributed by atoms with E-state index in [-0.39, 0.29) is 29.8 Å². The summed E-state index contributed by atoms with van der Waals surface area (Å²) in [6.07, 6.45) is 1.95. The molecule has 1 aromatic rings. The lowest BCUT2D eigenvalue weighted by molar-refractivity contribution is -0.284. The summed E-state index contributed by atoms with van der Waals surface area (Å²) in [6, 6.07) is 7.10. The Morgan fingerprint density at radius 3 is 2.45 bits per heavy atom. The number of carbonyl (C=O) groups is 2. The van der Waals surface area contributed by atoms with E-state index in [1.165, 1.54) is 6.92 Å². The lowest BCUT2D eigenvalue weighted by Crippen LogP contribution is -2.59. The average molecular weight is 457 g/mol. The van der Waals surface area contributed by atoms with E-state index >= 15 is 0 Å². The van der Waals surface area contributed by atoms with Gasteiger partial charge in [0, 0.05) is 23.3 Å². The van der Waals surface area contributed by atoms with Crippen molar-refractivity contribution in [2.24, 2.45) is 17.3 Å². The van der Waals surface area contributed by atoms with Crippen molar-refractivity contribution in [2.45, 2.75) is 63.6 Å². The standard InChI is InChI=1S/C27H27F3O3/c1-15(31)16-3-5-17(6-4-16)22-14-25(2)23(11-12-26(25,33)27(28,29)30)21-9-7-18-13-19(32)8-10-20(18)24(21)22/h3-6,11-13,21-23,33H,7-10,14H2,1-2H3/t21-,22+,23-,25-,26-/m0/s1. The van der Waals surface area contributed by atoms with Crippen molar-refractivity contribution < 1.29 is 27.9 Å². The Labute approximate surface area is 191 Å². The first-order chi connectivity index (χ1) is 15.5. The minimum absolute atomic E-state index is 0.0720. The zero-order valence-electron chi connectivity index (χ0n) is 18.7. The van der Waals surface area contributed by atoms with Gasteiger partial charge in [-0.2, -0.15) is 13.2 Å². The zero-order chi connectivity index (χ0) is 23.8. The Morgan fingerprint density at radius 1 is 1.12 bits per heavy atom. The zero-order valence-corrected chi connectivity index (χ0v) is 18.7. The van der Waals surface area contributed by atoms with Crippen LogP contribution in [0.2, 0.25) is 0 Å². The molecule has 0 radical (unpaired) electrons. The number of alkyl halides is 3. The van der Waals surface area contributed by atoms with Gasteiger partial charge in [0.15, 0.2) is 17.2 Å². The molecule has 0 unspecified atom stereocenters. The number of allylic oxidation sites excluding steroid dienone is 5. The summed E-state index contributed by atoms with van der Waals surface area (Å²) in [6.45, 7) is 3.05. The summed E-state index contributed by atoms with van der Waals surface area (Å²) in [5, 5.41) is 11.0. The second-order valence-electron chi connectivity index (χ2n) is 10.2. The Morgan fingerprint density at radius 2 is 1.82 bits per heavy atom. The maximum Gasteiger partial charge on any atom is 0.421 e. The highest BCUT2D eigenvalue weighted by Gasteiger charge is 2.70. The van der Waals surface area contributed by atoms with E-state index in [9.17, 15) is 27.9 Å². The van der Waals surface area contributed by atoms with Gasteiger partial charge < -0.3 is 5.11 Å². The molecule has 0 bridgehead atoms. The summed E-state index contributed by atoms with van der Waals surface area (Å²) in [7, 11) is 0. The minimum atomic E-state index is -4.78. The lowest BCUT2D eigenvalue weighted by Gasteiger charge is -2.55. The Kier molecular flexibility index (Phi) is 4.91. The molecule has 4 aliphatic rings. The molecule has 6 heteroatoms. The highest BCUT2D eigenvalue weighted by Crippen LogP contribution is 2.67. The molecule has 0 amide bonds. The van der Waals surface area contributed by atoms with Gasteiger partial charge in [-0.15, -0.1) is 0 Å². The van der Waals surface area contributed by atoms with Crippen LogP contribution in [0.25, 0.3) is 0 Å². The van der Waals surface area contributed by atoms with Crippen LogP contribution in [0.4, 0.5) is 13.2 Å². The van der Waals surface area contributed by atoms with E-state index in [4.69, 9.17) is 0 Å². The van der Waals surface area contributed by atoms with E-state index in [1.807, 2.05) is 12.1 Å². The number of carbonyl (C=O) groups excluding carboxylic acids is 2. The van der Waals surface area contributed by atoms with Crippen LogP contribution in [0.5, 0.6) is 0 Å². The first-order valence-corrected chi connectivity index (χ1v) is 11.5. The first kappa shape index (κ1) is 22.3. The maximum atomic E-state index is 14.2. The van der Waals surface area contributed by atoms with Crippen LogP contribution in [-0.4, -0.2) is 28.5 Å². The summed E-state index contributed by atoms with van der Waals surface area (Å²) in [5.74, 6) is -0.856. The third-order valence-electron chi connectivity index (χ3n) is 8.56. The number of fused-ring (bicyclic) bond motifs is 4. The number of rotatable bonds is 2. The molecule has 4 aliphatic carbocycles. The van der Waals surface area contributed by atoms with Gasteiger partial charge in [0.2, 0.25) is 0 Å². The fourth-order valence-electron chi connectivity index (χ4n) is 6.82. The van der Waals surface area contributed by atoms with E-state index in [2.05, 4.69) is 0 Å². The summed E-state index contributed by atoms with van der Waals surface area (Å²) < 4.78 is 42.5. The second-order valence-corrected chi connectivity index (χ2v) is 10.2. The predicted octanol–water partition coefficient (Wildman–Crippen LogP) is 5.86. The number of hydrogen-bond donors (Lipinski definition) is 1. The molecule has 33 heavy (non-hydrogen) atoms. The van der Waals surface area contributed by atoms with Crippen molar-refractivity contribution in [3.05, 3.63) is 70.3 Å². The Balaban J connectivity index is 1.69. The van der Waals surface area contributed by atoms with E-state index in [1.54, 1.807) is 31.2 Å². The van der Waals surface area contributed by atoms with Crippen LogP contribution in [0.3, 0.4) is 0 Å². The van der Waals surface area contributed by atoms with Crippen molar-refractivity contribution >= 4 is 11.6 Å². The second kappa shape index (κ2) is 7.26. The molecule has 0 heterocycles. The monoisotopic (exact) mass is 456 g/mol. The van der Waals surface area contributed by atoms with Gasteiger partial charge in [0.05, 0.1) is 0 Å². The van der Waals surface area contributed by atoms with Crippen molar-refractivity contribution in [3.63, 3.8) is 0 Å². The minimum Gasteiger partial charge on any atom is -0.376 e. The van der Waals surface area contributed by atoms with E-state index in [0.717, 1.165) is 28.4 Å². The molecule has 5 rings (SSSR count). The Bertz CT molecular complexity index is 1120. The van der Waals surface area contributed by atoms with Crippen LogP contribution in [0, 0.1) is 17.3 Å². The molecule has 0 spiro atoms. The van der Waals surface area contributed by atoms with Crippen LogP contribution in [0.15, 0.2) is 59.2 Å². The molecule has 5 atom stereocenters. The SMILES string of the molecule is CC(=O)c1ccc([C@H]2C[C@@]3(C)[C@@H](C=C[C@@]3(O)C(F)(F)F)[C@@H]3CCC4=CC(=O)CCC4=C32)cc1. The summed E-state index contributed by atoms with van der Waals surface area (Å²) in [5.41, 5.74) is 0.349. The number of ketones is 2. The molecule has 1 aromatic carbocycles. The third kappa shape index (κ3) is 3.13. The highest BCUT2D eigenvalue weighted by molar-refractivity contribution is 5.94. The maximum absolute atomic E-state index is 14.2. The van der Waals surface area contributed by atoms with Crippen molar-refractivity contribution in [3.8, 4) is 0 Å². The van der Waals surface area contributed by atoms with Gasteiger partial charge in [0.1, 0.15) is 0 Å². The number of aliphatic hydroxyl groups is 1. The van der Waals surface area contributed by atoms with Gasteiger partial charge >= 0.3 is 6.18 Å². The largest absolute Gasteiger partial charge is 0.421 e. The van der Waals surface area contributed by atoms with Gasteiger partial charge in [-0.3, -0.25) is 9.59 Å². The molecule has 0 saturated heterocycles. The number of Topliss-reactive ketones (excluding diaryl/α,β-unsaturated/α-hetero) is 1. The van der Waals surface area contributed by atoms with Crippen molar-refractivity contribution in [1.82, 2.24) is 0 Å². The van der Waals surface area contributed by atoms with Crippen LogP contribution >= 0.6 is 0 Å². The summed E-state index contributed by atoms with van der Waals surface area (Å²) >= 11 is 0. The molecular weight excluding hydrogens is 429 g/mol. The number of hydrogen-bond acceptors (Lipinski definition) is 3. The highest BCUT2D eigenvalue weighted by atomic mass is 19.4. The number of benzene rings is 1. The third-order valence-corrected chi connectivity index (χ3v) is 8.56. The molecule has 3 nitrogen and oxygen atoms in total. The van der Waals surface area contributed by atoms with E-state index in [0.29, 0.717) is 31.2 Å². The van der Waals surface area contributed by atoms with Gasteiger partial charge in [0.25, 0.3) is 0 Å². The van der Waals surface area contributed by atoms with Gasteiger partial charge in [-0.25, -0.2) is 0 Å². The molecule has 0 aliphatic heterocycles. The van der Waals surface area contributed by atoms with Crippen LogP contribution in [0.1, 0.15) is 67.8 Å². The van der Waals surface area contributed by atoms with Crippen LogP contribution < -0.4 is 0 Å². The van der Waals surface area contributed by atoms with Crippen molar-refractivity contribution in [2.75, 3.05) is 0 Å². The molecule has 0 aromatic heterocycles. The number of halogens is 3. The molecule has 174 valence electrons. The topological polar surface area (TPSA) is 54.4 Å². The normalized spacial score (nSPS) is 35.6. The average Bonchev–Trinajstić information content (AvgIpc) is 3.04. The quantitative estimate of drug-likeness (QED) is 0.448. The smallest absolute Gasteiger partial charge is 0.376 e. The molecule has 1 fully saturated rings. The van der Waals surface area contributed by atoms with Gasteiger partial charge in [-0.1, -0.05) is 42.8 Å². The molecular formula is C27H27F3O3. The predicted molar refractivity (Wildman–Crippen MR) is 118 cm³/mol. The Hall–Kier alpha value is -2.47. The molecule has 1 saturated carbocycles. The fraction of sp³-hybridized carbons (Fsp3) is 0.481. The summed E-state index contributed by atoms with van der Waals surface area (Å²) in [4.78, 5) is 23.8. The lowest BCUT2D eigenvalue weighted by atomic mass is 9.50. The van der Waals surface area contributed by atoms with Gasteiger partial charge in [-0.05, 0) is 73.3 Å². The van der Waals surface area contributed by atoms with E-state index < -0.39 is 23.1 Å².